The van der Waals surface area contributed by atoms with E-state index in [1.54, 1.807) is 0 Å². The molecule has 0 spiro atoms. The maximum atomic E-state index is 5.34. The first-order valence-electron chi connectivity index (χ1n) is 5.97. The van der Waals surface area contributed by atoms with Gasteiger partial charge in [-0.25, -0.2) is 0 Å². The maximum absolute atomic E-state index is 5.34. The quantitative estimate of drug-likeness (QED) is 0.724. The molecule has 1 unspecified atom stereocenters. The van der Waals surface area contributed by atoms with Crippen molar-refractivity contribution in [1.29, 1.82) is 0 Å². The Hall–Kier alpha value is -0.770. The molecule has 0 bridgehead atoms. The molecule has 86 valence electrons. The maximum Gasteiger partial charge on any atom is 0.191 e. The smallest absolute Gasteiger partial charge is 0.191 e. The minimum Gasteiger partial charge on any atom is -0.381 e. The number of rotatable bonds is 3. The second kappa shape index (κ2) is 5.35. The monoisotopic (exact) mass is 211 g/mol. The van der Waals surface area contributed by atoms with Gasteiger partial charge in [-0.15, -0.1) is 0 Å². The number of nitrogens with one attached hydrogen (secondary N) is 2. The average molecular weight is 211 g/mol. The van der Waals surface area contributed by atoms with Gasteiger partial charge in [0.05, 0.1) is 6.54 Å². The van der Waals surface area contributed by atoms with E-state index in [0.717, 1.165) is 38.2 Å². The molecule has 0 aromatic rings. The van der Waals surface area contributed by atoms with Crippen molar-refractivity contribution in [2.24, 2.45) is 10.9 Å². The summed E-state index contributed by atoms with van der Waals surface area (Å²) in [6, 6.07) is 0.496. The normalized spacial score (nSPS) is 27.3. The van der Waals surface area contributed by atoms with Gasteiger partial charge in [-0.05, 0) is 32.1 Å². The van der Waals surface area contributed by atoms with Crippen molar-refractivity contribution >= 4 is 5.96 Å². The molecule has 0 aromatic carbocycles. The third-order valence-corrected chi connectivity index (χ3v) is 3.09. The van der Waals surface area contributed by atoms with Crippen LogP contribution in [0.5, 0.6) is 0 Å². The molecule has 2 N–H and O–H groups in total. The summed E-state index contributed by atoms with van der Waals surface area (Å²) in [6.45, 7) is 5.97. The lowest BCUT2D eigenvalue weighted by Crippen LogP contribution is -2.38. The first kappa shape index (κ1) is 10.7. The molecule has 1 atom stereocenters. The minimum atomic E-state index is 0.496. The van der Waals surface area contributed by atoms with Crippen molar-refractivity contribution in [3.05, 3.63) is 0 Å². The van der Waals surface area contributed by atoms with Crippen molar-refractivity contribution in [3.8, 4) is 0 Å². The van der Waals surface area contributed by atoms with E-state index in [9.17, 15) is 0 Å². The second-order valence-electron chi connectivity index (χ2n) is 4.51. The summed E-state index contributed by atoms with van der Waals surface area (Å²) < 4.78 is 5.34. The summed E-state index contributed by atoms with van der Waals surface area (Å²) in [5.41, 5.74) is 0. The number of hydrogen-bond acceptors (Lipinski definition) is 4. The molecule has 2 rings (SSSR count). The zero-order chi connectivity index (χ0) is 10.5. The van der Waals surface area contributed by atoms with Crippen LogP contribution in [0.1, 0.15) is 26.2 Å². The molecule has 2 heterocycles. The van der Waals surface area contributed by atoms with Gasteiger partial charge in [0.2, 0.25) is 0 Å². The van der Waals surface area contributed by atoms with Gasteiger partial charge in [-0.3, -0.25) is 4.99 Å². The van der Waals surface area contributed by atoms with Crippen molar-refractivity contribution < 1.29 is 4.74 Å². The largest absolute Gasteiger partial charge is 0.381 e. The zero-order valence-electron chi connectivity index (χ0n) is 9.46. The lowest BCUT2D eigenvalue weighted by molar-refractivity contribution is 0.0643. The molecule has 2 aliphatic rings. The first-order valence-corrected chi connectivity index (χ1v) is 5.97. The van der Waals surface area contributed by atoms with E-state index < -0.39 is 0 Å². The molecule has 4 nitrogen and oxygen atoms in total. The van der Waals surface area contributed by atoms with Gasteiger partial charge in [0.25, 0.3) is 0 Å². The number of ether oxygens (including phenoxy) is 1. The summed E-state index contributed by atoms with van der Waals surface area (Å²) in [6.07, 6.45) is 3.68. The molecular formula is C11H21N3O. The van der Waals surface area contributed by atoms with E-state index in [1.807, 2.05) is 0 Å². The Balaban J connectivity index is 1.58. The zero-order valence-corrected chi connectivity index (χ0v) is 9.46. The van der Waals surface area contributed by atoms with Crippen LogP contribution in [0.3, 0.4) is 0 Å². The van der Waals surface area contributed by atoms with Crippen LogP contribution >= 0.6 is 0 Å². The predicted molar refractivity (Wildman–Crippen MR) is 61.1 cm³/mol. The Labute approximate surface area is 91.5 Å². The van der Waals surface area contributed by atoms with E-state index in [0.29, 0.717) is 6.04 Å². The highest BCUT2D eigenvalue weighted by atomic mass is 16.5. The second-order valence-corrected chi connectivity index (χ2v) is 4.51. The molecule has 0 radical (unpaired) electrons. The van der Waals surface area contributed by atoms with E-state index in [1.165, 1.54) is 19.3 Å². The van der Waals surface area contributed by atoms with Gasteiger partial charge in [-0.1, -0.05) is 0 Å². The fraction of sp³-hybridized carbons (Fsp3) is 0.909. The summed E-state index contributed by atoms with van der Waals surface area (Å²) in [5, 5.41) is 6.66. The van der Waals surface area contributed by atoms with Crippen LogP contribution in [0.4, 0.5) is 0 Å². The fourth-order valence-corrected chi connectivity index (χ4v) is 2.09. The highest BCUT2D eigenvalue weighted by molar-refractivity contribution is 5.81. The number of guanidine groups is 1. The van der Waals surface area contributed by atoms with E-state index >= 15 is 0 Å². The Morgan fingerprint density at radius 1 is 1.47 bits per heavy atom. The van der Waals surface area contributed by atoms with E-state index in [-0.39, 0.29) is 0 Å². The van der Waals surface area contributed by atoms with Crippen LogP contribution in [0, 0.1) is 5.92 Å². The topological polar surface area (TPSA) is 45.7 Å². The Bertz CT molecular complexity index is 224. The van der Waals surface area contributed by atoms with E-state index in [4.69, 9.17) is 4.74 Å². The van der Waals surface area contributed by atoms with Crippen LogP contribution in [-0.4, -0.2) is 38.3 Å². The van der Waals surface area contributed by atoms with Gasteiger partial charge in [0.15, 0.2) is 5.96 Å². The SMILES string of the molecule is CC1CN=C(NCCC2CCOCC2)N1. The molecular weight excluding hydrogens is 190 g/mol. The fourth-order valence-electron chi connectivity index (χ4n) is 2.09. The molecule has 2 aliphatic heterocycles. The van der Waals surface area contributed by atoms with Crippen LogP contribution < -0.4 is 10.6 Å². The average Bonchev–Trinajstić information content (AvgIpc) is 2.66. The standard InChI is InChI=1S/C11H21N3O/c1-9-8-13-11(14-9)12-5-2-10-3-6-15-7-4-10/h9-10H,2-8H2,1H3,(H2,12,13,14). The first-order chi connectivity index (χ1) is 7.34. The lowest BCUT2D eigenvalue weighted by Gasteiger charge is -2.22. The summed E-state index contributed by atoms with van der Waals surface area (Å²) in [5.74, 6) is 1.82. The van der Waals surface area contributed by atoms with Gasteiger partial charge >= 0.3 is 0 Å². The highest BCUT2D eigenvalue weighted by Gasteiger charge is 2.15. The number of aliphatic imine (C=N–C) groups is 1. The van der Waals surface area contributed by atoms with Gasteiger partial charge < -0.3 is 15.4 Å². The van der Waals surface area contributed by atoms with Gasteiger partial charge in [-0.2, -0.15) is 0 Å². The third-order valence-electron chi connectivity index (χ3n) is 3.09. The summed E-state index contributed by atoms with van der Waals surface area (Å²) in [4.78, 5) is 4.37. The van der Waals surface area contributed by atoms with Gasteiger partial charge in [0, 0.05) is 25.8 Å². The number of nitrogens with zero attached hydrogens (tertiary/aromatic N) is 1. The molecule has 4 heteroatoms. The van der Waals surface area contributed by atoms with Crippen LogP contribution in [-0.2, 0) is 4.74 Å². The summed E-state index contributed by atoms with van der Waals surface area (Å²) >= 11 is 0. The summed E-state index contributed by atoms with van der Waals surface area (Å²) in [7, 11) is 0. The van der Waals surface area contributed by atoms with Crippen LogP contribution in [0.2, 0.25) is 0 Å². The third kappa shape index (κ3) is 3.38. The van der Waals surface area contributed by atoms with Crippen molar-refractivity contribution in [3.63, 3.8) is 0 Å². The Morgan fingerprint density at radius 2 is 2.27 bits per heavy atom. The Kier molecular flexibility index (Phi) is 3.83. The van der Waals surface area contributed by atoms with Crippen molar-refractivity contribution in [2.45, 2.75) is 32.2 Å². The minimum absolute atomic E-state index is 0.496. The molecule has 0 aliphatic carbocycles. The molecule has 0 aromatic heterocycles. The van der Waals surface area contributed by atoms with Crippen LogP contribution in [0.15, 0.2) is 4.99 Å². The molecule has 1 fully saturated rings. The van der Waals surface area contributed by atoms with E-state index in [2.05, 4.69) is 22.5 Å². The molecule has 15 heavy (non-hydrogen) atoms. The molecule has 0 amide bonds. The van der Waals surface area contributed by atoms with Gasteiger partial charge in [0.1, 0.15) is 0 Å². The Morgan fingerprint density at radius 3 is 2.93 bits per heavy atom. The number of hydrogen-bond donors (Lipinski definition) is 2. The highest BCUT2D eigenvalue weighted by Crippen LogP contribution is 2.17. The van der Waals surface area contributed by atoms with Crippen molar-refractivity contribution in [2.75, 3.05) is 26.3 Å². The predicted octanol–water partition coefficient (Wildman–Crippen LogP) is 0.740. The lowest BCUT2D eigenvalue weighted by atomic mass is 9.97. The molecule has 0 saturated carbocycles. The van der Waals surface area contributed by atoms with Crippen LogP contribution in [0.25, 0.3) is 0 Å². The molecule has 1 saturated heterocycles. The van der Waals surface area contributed by atoms with Crippen molar-refractivity contribution in [1.82, 2.24) is 10.6 Å².